The molecule has 0 saturated heterocycles. The van der Waals surface area contributed by atoms with Crippen molar-refractivity contribution in [1.82, 2.24) is 0 Å². The molecule has 108 valence electrons. The second-order valence-electron chi connectivity index (χ2n) is 3.72. The van der Waals surface area contributed by atoms with E-state index in [9.17, 15) is 14.4 Å². The van der Waals surface area contributed by atoms with E-state index in [1.807, 2.05) is 18.2 Å². The van der Waals surface area contributed by atoms with Gasteiger partial charge in [-0.15, -0.1) is 0 Å². The Balaban J connectivity index is 0.000000361. The maximum absolute atomic E-state index is 10.2. The molecule has 0 spiro atoms. The first-order valence-electron chi connectivity index (χ1n) is 5.79. The van der Waals surface area contributed by atoms with E-state index >= 15 is 0 Å². The molecular weight excluding hydrogens is 264 g/mol. The molecule has 0 aromatic heterocycles. The number of aliphatic carboxylic acids is 3. The average Bonchev–Trinajstić information content (AvgIpc) is 2.36. The SMILES string of the molecule is CC/C(=C\C(=O)O)C(=O)O.O=C(O)Cc1ccccc1. The van der Waals surface area contributed by atoms with Gasteiger partial charge in [-0.1, -0.05) is 37.3 Å². The van der Waals surface area contributed by atoms with Crippen molar-refractivity contribution in [3.8, 4) is 0 Å². The fourth-order valence-corrected chi connectivity index (χ4v) is 1.23. The minimum Gasteiger partial charge on any atom is -0.481 e. The van der Waals surface area contributed by atoms with Gasteiger partial charge in [0.1, 0.15) is 0 Å². The molecule has 0 amide bonds. The van der Waals surface area contributed by atoms with E-state index in [1.165, 1.54) is 0 Å². The van der Waals surface area contributed by atoms with E-state index in [4.69, 9.17) is 15.3 Å². The summed E-state index contributed by atoms with van der Waals surface area (Å²) in [7, 11) is 0. The zero-order valence-electron chi connectivity index (χ0n) is 10.9. The van der Waals surface area contributed by atoms with Gasteiger partial charge in [0.25, 0.3) is 0 Å². The predicted molar refractivity (Wildman–Crippen MR) is 71.4 cm³/mol. The van der Waals surface area contributed by atoms with Crippen LogP contribution in [0.15, 0.2) is 42.0 Å². The first kappa shape index (κ1) is 17.4. The van der Waals surface area contributed by atoms with Gasteiger partial charge >= 0.3 is 17.9 Å². The van der Waals surface area contributed by atoms with Crippen molar-refractivity contribution in [2.24, 2.45) is 0 Å². The molecule has 0 aliphatic carbocycles. The van der Waals surface area contributed by atoms with E-state index in [2.05, 4.69) is 0 Å². The normalized spacial score (nSPS) is 10.2. The Morgan fingerprint density at radius 2 is 1.60 bits per heavy atom. The molecule has 1 aromatic rings. The van der Waals surface area contributed by atoms with Gasteiger partial charge in [0, 0.05) is 11.6 Å². The first-order valence-corrected chi connectivity index (χ1v) is 5.79. The molecule has 1 rings (SSSR count). The highest BCUT2D eigenvalue weighted by molar-refractivity contribution is 5.94. The highest BCUT2D eigenvalue weighted by Crippen LogP contribution is 1.99. The summed E-state index contributed by atoms with van der Waals surface area (Å²) in [6, 6.07) is 9.13. The number of benzene rings is 1. The molecular formula is C14H16O6. The lowest BCUT2D eigenvalue weighted by molar-refractivity contribution is -0.136. The Hall–Kier alpha value is -2.63. The number of carboxylic acid groups (broad SMARTS) is 3. The maximum atomic E-state index is 10.2. The molecule has 0 aliphatic rings. The summed E-state index contributed by atoms with van der Waals surface area (Å²) in [5.74, 6) is -3.18. The van der Waals surface area contributed by atoms with Crippen LogP contribution in [0, 0.1) is 0 Å². The van der Waals surface area contributed by atoms with E-state index in [1.54, 1.807) is 19.1 Å². The van der Waals surface area contributed by atoms with Crippen LogP contribution in [-0.4, -0.2) is 33.2 Å². The third-order valence-corrected chi connectivity index (χ3v) is 2.15. The standard InChI is InChI=1S/C8H8O2.C6H8O4/c9-8(10)6-7-4-2-1-3-5-7;1-2-4(6(9)10)3-5(7)8/h1-5H,6H2,(H,9,10);3H,2H2,1H3,(H,7,8)(H,9,10)/b;4-3+. The van der Waals surface area contributed by atoms with Crippen molar-refractivity contribution in [2.45, 2.75) is 19.8 Å². The van der Waals surface area contributed by atoms with Crippen LogP contribution in [0.1, 0.15) is 18.9 Å². The third kappa shape index (κ3) is 8.46. The van der Waals surface area contributed by atoms with Crippen LogP contribution in [-0.2, 0) is 20.8 Å². The molecule has 0 saturated carbocycles. The minimum atomic E-state index is -1.22. The highest BCUT2D eigenvalue weighted by atomic mass is 16.4. The van der Waals surface area contributed by atoms with Crippen LogP contribution in [0.5, 0.6) is 0 Å². The van der Waals surface area contributed by atoms with Crippen molar-refractivity contribution in [2.75, 3.05) is 0 Å². The molecule has 6 nitrogen and oxygen atoms in total. The predicted octanol–water partition coefficient (Wildman–Crippen LogP) is 1.81. The number of hydrogen-bond acceptors (Lipinski definition) is 3. The lowest BCUT2D eigenvalue weighted by atomic mass is 10.2. The summed E-state index contributed by atoms with van der Waals surface area (Å²) in [5.41, 5.74) is 0.752. The van der Waals surface area contributed by atoms with E-state index < -0.39 is 17.9 Å². The summed E-state index contributed by atoms with van der Waals surface area (Å²) in [6.45, 7) is 1.59. The number of carbonyl (C=O) groups is 3. The van der Waals surface area contributed by atoms with Gasteiger partial charge in [-0.3, -0.25) is 4.79 Å². The quantitative estimate of drug-likeness (QED) is 0.709. The van der Waals surface area contributed by atoms with Gasteiger partial charge in [-0.05, 0) is 12.0 Å². The second kappa shape index (κ2) is 9.32. The van der Waals surface area contributed by atoms with Crippen LogP contribution < -0.4 is 0 Å². The zero-order chi connectivity index (χ0) is 15.5. The van der Waals surface area contributed by atoms with Crippen LogP contribution in [0.25, 0.3) is 0 Å². The Labute approximate surface area is 116 Å². The molecule has 0 heterocycles. The Bertz CT molecular complexity index is 490. The molecule has 0 unspecified atom stereocenters. The molecule has 0 atom stereocenters. The topological polar surface area (TPSA) is 112 Å². The van der Waals surface area contributed by atoms with Crippen molar-refractivity contribution in [3.63, 3.8) is 0 Å². The van der Waals surface area contributed by atoms with Crippen LogP contribution >= 0.6 is 0 Å². The highest BCUT2D eigenvalue weighted by Gasteiger charge is 2.05. The molecule has 0 fully saturated rings. The zero-order valence-corrected chi connectivity index (χ0v) is 10.9. The summed E-state index contributed by atoms with van der Waals surface area (Å²) in [5, 5.41) is 24.8. The lowest BCUT2D eigenvalue weighted by Gasteiger charge is -1.92. The molecule has 0 bridgehead atoms. The van der Waals surface area contributed by atoms with Gasteiger partial charge in [0.15, 0.2) is 0 Å². The van der Waals surface area contributed by atoms with E-state index in [-0.39, 0.29) is 18.4 Å². The number of carboxylic acids is 3. The third-order valence-electron chi connectivity index (χ3n) is 2.15. The molecule has 6 heteroatoms. The van der Waals surface area contributed by atoms with Crippen molar-refractivity contribution in [1.29, 1.82) is 0 Å². The van der Waals surface area contributed by atoms with Gasteiger partial charge in [-0.2, -0.15) is 0 Å². The molecule has 1 aromatic carbocycles. The maximum Gasteiger partial charge on any atom is 0.331 e. The van der Waals surface area contributed by atoms with Crippen molar-refractivity contribution < 1.29 is 29.7 Å². The second-order valence-corrected chi connectivity index (χ2v) is 3.72. The fraction of sp³-hybridized carbons (Fsp3) is 0.214. The Kier molecular flexibility index (Phi) is 8.09. The average molecular weight is 280 g/mol. The van der Waals surface area contributed by atoms with Gasteiger partial charge in [0.2, 0.25) is 0 Å². The van der Waals surface area contributed by atoms with Crippen LogP contribution in [0.4, 0.5) is 0 Å². The minimum absolute atomic E-state index is 0.0903. The molecule has 3 N–H and O–H groups in total. The van der Waals surface area contributed by atoms with Crippen molar-refractivity contribution >= 4 is 17.9 Å². The van der Waals surface area contributed by atoms with Gasteiger partial charge in [0.05, 0.1) is 6.42 Å². The van der Waals surface area contributed by atoms with Crippen LogP contribution in [0.3, 0.4) is 0 Å². The Morgan fingerprint density at radius 3 is 1.90 bits per heavy atom. The Morgan fingerprint density at radius 1 is 1.05 bits per heavy atom. The van der Waals surface area contributed by atoms with Crippen LogP contribution in [0.2, 0.25) is 0 Å². The molecule has 0 radical (unpaired) electrons. The summed E-state index contributed by atoms with van der Waals surface area (Å²) in [4.78, 5) is 30.2. The number of rotatable bonds is 5. The van der Waals surface area contributed by atoms with Gasteiger partial charge in [-0.25, -0.2) is 9.59 Å². The smallest absolute Gasteiger partial charge is 0.331 e. The first-order chi connectivity index (χ1) is 9.36. The fourth-order valence-electron chi connectivity index (χ4n) is 1.23. The lowest BCUT2D eigenvalue weighted by Crippen LogP contribution is -2.02. The van der Waals surface area contributed by atoms with E-state index in [0.29, 0.717) is 6.08 Å². The van der Waals surface area contributed by atoms with E-state index in [0.717, 1.165) is 5.56 Å². The monoisotopic (exact) mass is 280 g/mol. The summed E-state index contributed by atoms with van der Waals surface area (Å²) < 4.78 is 0. The largest absolute Gasteiger partial charge is 0.481 e. The van der Waals surface area contributed by atoms with Crippen molar-refractivity contribution in [3.05, 3.63) is 47.5 Å². The van der Waals surface area contributed by atoms with Gasteiger partial charge < -0.3 is 15.3 Å². The number of hydrogen-bond donors (Lipinski definition) is 3. The summed E-state index contributed by atoms with van der Waals surface area (Å²) >= 11 is 0. The molecule has 20 heavy (non-hydrogen) atoms. The summed E-state index contributed by atoms with van der Waals surface area (Å²) in [6.07, 6.45) is 1.03. The molecule has 0 aliphatic heterocycles.